The molecular weight excluding hydrogens is 808 g/mol. The molecule has 3 heterocycles. The molecule has 10 aliphatic rings. The first-order valence-electron chi connectivity index (χ1n) is 22.0. The van der Waals surface area contributed by atoms with Gasteiger partial charge in [0.05, 0.1) is 43.3 Å². The number of hydrogen-bond acceptors (Lipinski definition) is 16. The lowest BCUT2D eigenvalue weighted by atomic mass is 9.78. The molecule has 16 heteroatoms. The van der Waals surface area contributed by atoms with Crippen LogP contribution in [0.15, 0.2) is 36.5 Å². The summed E-state index contributed by atoms with van der Waals surface area (Å²) in [6.45, 7) is 16.0. The van der Waals surface area contributed by atoms with Crippen LogP contribution < -0.4 is 0 Å². The zero-order valence-electron chi connectivity index (χ0n) is 35.6. The van der Waals surface area contributed by atoms with Crippen LogP contribution in [0.25, 0.3) is 0 Å². The molecule has 0 N–H and O–H groups in total. The van der Waals surface area contributed by atoms with Crippen molar-refractivity contribution < 1.29 is 76.3 Å². The highest BCUT2D eigenvalue weighted by atomic mass is 16.6. The smallest absolute Gasteiger partial charge is 0.333 e. The van der Waals surface area contributed by atoms with E-state index in [4.69, 9.17) is 37.9 Å². The summed E-state index contributed by atoms with van der Waals surface area (Å²) < 4.78 is 42.7. The van der Waals surface area contributed by atoms with Gasteiger partial charge in [-0.25, -0.2) is 14.4 Å². The van der Waals surface area contributed by atoms with Crippen molar-refractivity contribution in [2.45, 2.75) is 115 Å². The Kier molecular flexibility index (Phi) is 11.9. The van der Waals surface area contributed by atoms with Crippen molar-refractivity contribution in [2.75, 3.05) is 13.7 Å². The number of esters is 8. The van der Waals surface area contributed by atoms with Gasteiger partial charge < -0.3 is 37.9 Å². The molecule has 7 aliphatic carbocycles. The minimum atomic E-state index is -0.573. The van der Waals surface area contributed by atoms with Gasteiger partial charge in [0.25, 0.3) is 0 Å². The molecule has 7 saturated carbocycles. The highest BCUT2D eigenvalue weighted by molar-refractivity contribution is 5.90. The van der Waals surface area contributed by atoms with Crippen molar-refractivity contribution in [3.8, 4) is 0 Å². The minimum absolute atomic E-state index is 0.0417. The maximum absolute atomic E-state index is 12.8. The number of rotatable bonds is 9. The normalized spacial score (nSPS) is 40.4. The molecule has 17 atom stereocenters. The van der Waals surface area contributed by atoms with E-state index >= 15 is 0 Å². The van der Waals surface area contributed by atoms with Gasteiger partial charge in [-0.15, -0.1) is 0 Å². The molecule has 0 aromatic carbocycles. The molecule has 0 aromatic rings. The molecule has 62 heavy (non-hydrogen) atoms. The summed E-state index contributed by atoms with van der Waals surface area (Å²) in [4.78, 5) is 95.6. The zero-order valence-corrected chi connectivity index (χ0v) is 35.6. The molecule has 16 nitrogen and oxygen atoms in total. The lowest BCUT2D eigenvalue weighted by molar-refractivity contribution is -0.166. The first-order valence-corrected chi connectivity index (χ1v) is 22.0. The Morgan fingerprint density at radius 1 is 0.548 bits per heavy atom. The highest BCUT2D eigenvalue weighted by Crippen LogP contribution is 2.61. The average Bonchev–Trinajstić information content (AvgIpc) is 4.11. The fourth-order valence-corrected chi connectivity index (χ4v) is 12.6. The summed E-state index contributed by atoms with van der Waals surface area (Å²) in [5, 5.41) is 0. The summed E-state index contributed by atoms with van der Waals surface area (Å²) in [5.41, 5.74) is 1.01. The summed E-state index contributed by atoms with van der Waals surface area (Å²) in [5.74, 6) is -4.42. The quantitative estimate of drug-likeness (QED) is 0.183. The Labute approximate surface area is 359 Å². The maximum atomic E-state index is 12.8. The van der Waals surface area contributed by atoms with Crippen LogP contribution in [0.4, 0.5) is 0 Å². The second kappa shape index (κ2) is 16.9. The SMILES string of the molecule is C=C(C)C(=O)OC1C2CC3C1OC(=O)C3C2C(=O)OC.C=C(C)C(=O)OC1C2CC3C1OC(=O)C3C2C(=O)OC1CCCCC1.C=C(C)C(=O)OC1CC2CC1C1COC(=O)C21. The zero-order chi connectivity index (χ0) is 44.5. The fraction of sp³-hybridized carbons (Fsp3) is 0.696. The van der Waals surface area contributed by atoms with E-state index in [2.05, 4.69) is 19.7 Å². The van der Waals surface area contributed by atoms with Gasteiger partial charge in [0.1, 0.15) is 36.6 Å². The van der Waals surface area contributed by atoms with Gasteiger partial charge in [-0.3, -0.25) is 24.0 Å². The molecule has 3 saturated heterocycles. The van der Waals surface area contributed by atoms with E-state index in [0.29, 0.717) is 42.4 Å². The van der Waals surface area contributed by atoms with Crippen LogP contribution in [0.5, 0.6) is 0 Å². The van der Waals surface area contributed by atoms with Crippen molar-refractivity contribution in [2.24, 2.45) is 71.0 Å². The number of hydrogen-bond donors (Lipinski definition) is 0. The van der Waals surface area contributed by atoms with Gasteiger partial charge in [0.2, 0.25) is 0 Å². The lowest BCUT2D eigenvalue weighted by Gasteiger charge is -2.31. The first-order chi connectivity index (χ1) is 29.5. The van der Waals surface area contributed by atoms with Crippen LogP contribution in [-0.4, -0.2) is 98.1 Å². The molecule has 17 unspecified atom stereocenters. The van der Waals surface area contributed by atoms with Crippen LogP contribution in [0.3, 0.4) is 0 Å². The molecule has 0 aromatic heterocycles. The predicted octanol–water partition coefficient (Wildman–Crippen LogP) is 3.92. The number of carbonyl (C=O) groups excluding carboxylic acids is 8. The topological polar surface area (TPSA) is 210 Å². The molecular formula is C46H56O16. The third-order valence-electron chi connectivity index (χ3n) is 15.3. The van der Waals surface area contributed by atoms with Gasteiger partial charge in [-0.1, -0.05) is 26.2 Å². The van der Waals surface area contributed by atoms with Crippen LogP contribution in [-0.2, 0) is 76.3 Å². The van der Waals surface area contributed by atoms with Crippen LogP contribution in [0.1, 0.15) is 78.6 Å². The Bertz CT molecular complexity index is 1960. The molecule has 0 radical (unpaired) electrons. The summed E-state index contributed by atoms with van der Waals surface area (Å²) in [6.07, 6.45) is 6.12. The van der Waals surface area contributed by atoms with Crippen LogP contribution in [0.2, 0.25) is 0 Å². The number of methoxy groups -OCH3 is 1. The van der Waals surface area contributed by atoms with Gasteiger partial charge in [0, 0.05) is 52.2 Å². The van der Waals surface area contributed by atoms with Gasteiger partial charge in [0.15, 0.2) is 0 Å². The maximum Gasteiger partial charge on any atom is 0.333 e. The standard InChI is InChI=1S/C19H24O6.C14H16O6.C13H16O4/c1-9(2)17(20)24-15-11-8-12-14(19(22)25-16(12)15)13(11)18(21)23-10-6-4-3-5-7-10;1-5(2)12(15)19-10-6-4-7-9(8(6)13(16)18-3)14(17)20-11(7)10;1-6(2)12(14)17-10-4-7-3-8(10)9-5-16-13(15)11(7)9/h10-16H,1,3-8H2,2H3;6-11H,1,4H2,2-3H3;7-11H,1,3-5H2,2H3. The van der Waals surface area contributed by atoms with E-state index < -0.39 is 66.0 Å². The third-order valence-corrected chi connectivity index (χ3v) is 15.3. The molecule has 10 rings (SSSR count). The second-order valence-electron chi connectivity index (χ2n) is 19.0. The predicted molar refractivity (Wildman–Crippen MR) is 210 cm³/mol. The van der Waals surface area contributed by atoms with E-state index in [1.54, 1.807) is 20.8 Å². The van der Waals surface area contributed by atoms with E-state index in [-0.39, 0.29) is 83.1 Å². The molecule has 6 bridgehead atoms. The summed E-state index contributed by atoms with van der Waals surface area (Å²) >= 11 is 0. The molecule has 10 fully saturated rings. The highest BCUT2D eigenvalue weighted by Gasteiger charge is 2.71. The summed E-state index contributed by atoms with van der Waals surface area (Å²) in [6, 6.07) is 0. The Hall–Kier alpha value is -5.02. The number of fused-ring (bicyclic) bond motifs is 7. The Morgan fingerprint density at radius 3 is 1.55 bits per heavy atom. The minimum Gasteiger partial charge on any atom is -0.469 e. The van der Waals surface area contributed by atoms with Crippen molar-refractivity contribution >= 4 is 47.8 Å². The van der Waals surface area contributed by atoms with Crippen molar-refractivity contribution in [3.63, 3.8) is 0 Å². The van der Waals surface area contributed by atoms with Crippen molar-refractivity contribution in [1.29, 1.82) is 0 Å². The summed E-state index contributed by atoms with van der Waals surface area (Å²) in [7, 11) is 1.29. The largest absolute Gasteiger partial charge is 0.469 e. The van der Waals surface area contributed by atoms with E-state index in [9.17, 15) is 38.4 Å². The Morgan fingerprint density at radius 2 is 1.05 bits per heavy atom. The third kappa shape index (κ3) is 7.52. The monoisotopic (exact) mass is 864 g/mol. The molecule has 0 amide bonds. The van der Waals surface area contributed by atoms with Crippen molar-refractivity contribution in [1.82, 2.24) is 0 Å². The molecule has 0 spiro atoms. The van der Waals surface area contributed by atoms with E-state index in [0.717, 1.165) is 38.5 Å². The van der Waals surface area contributed by atoms with Gasteiger partial charge >= 0.3 is 47.8 Å². The van der Waals surface area contributed by atoms with E-state index in [1.165, 1.54) is 13.5 Å². The molecule has 336 valence electrons. The first kappa shape index (κ1) is 43.6. The van der Waals surface area contributed by atoms with Crippen LogP contribution in [0, 0.1) is 71.0 Å². The number of ether oxygens (including phenoxy) is 8. The second-order valence-corrected chi connectivity index (χ2v) is 19.0. The fourth-order valence-electron chi connectivity index (χ4n) is 12.6. The average molecular weight is 865 g/mol. The molecule has 3 aliphatic heterocycles. The van der Waals surface area contributed by atoms with Gasteiger partial charge in [-0.2, -0.15) is 0 Å². The van der Waals surface area contributed by atoms with Crippen molar-refractivity contribution in [3.05, 3.63) is 36.5 Å². The van der Waals surface area contributed by atoms with E-state index in [1.807, 2.05) is 0 Å². The Balaban J connectivity index is 0.000000131. The number of carbonyl (C=O) groups is 8. The van der Waals surface area contributed by atoms with Crippen LogP contribution >= 0.6 is 0 Å². The number of cyclic esters (lactones) is 1. The lowest BCUT2D eigenvalue weighted by Crippen LogP contribution is -2.44. The van der Waals surface area contributed by atoms with Gasteiger partial charge in [-0.05, 0) is 78.1 Å².